The van der Waals surface area contributed by atoms with Gasteiger partial charge in [-0.05, 0) is 36.8 Å². The number of aryl methyl sites for hydroxylation is 2. The van der Waals surface area contributed by atoms with Gasteiger partial charge in [-0.15, -0.1) is 0 Å². The first-order chi connectivity index (χ1) is 14.7. The topological polar surface area (TPSA) is 90.5 Å². The molecule has 0 bridgehead atoms. The number of fused-ring (bicyclic) bond motifs is 1. The fraction of sp³-hybridized carbons (Fsp3) is 0.273. The third-order valence-corrected chi connectivity index (χ3v) is 6.34. The molecule has 0 radical (unpaired) electrons. The predicted molar refractivity (Wildman–Crippen MR) is 120 cm³/mol. The Morgan fingerprint density at radius 2 is 1.90 bits per heavy atom. The largest absolute Gasteiger partial charge is 0.495 e. The zero-order chi connectivity index (χ0) is 22.3. The highest BCUT2D eigenvalue weighted by Gasteiger charge is 2.23. The van der Waals surface area contributed by atoms with Gasteiger partial charge in [-0.2, -0.15) is 8.42 Å². The summed E-state index contributed by atoms with van der Waals surface area (Å²) < 4.78 is 37.7. The number of rotatable bonds is 6. The van der Waals surface area contributed by atoms with Crippen LogP contribution < -0.4 is 9.46 Å². The molecule has 4 aromatic rings. The molecule has 162 valence electrons. The van der Waals surface area contributed by atoms with Crippen molar-refractivity contribution in [3.8, 4) is 17.0 Å². The van der Waals surface area contributed by atoms with Crippen molar-refractivity contribution in [2.24, 2.45) is 7.05 Å². The molecule has 9 heteroatoms. The third kappa shape index (κ3) is 3.88. The van der Waals surface area contributed by atoms with Crippen LogP contribution in [0.3, 0.4) is 0 Å². The lowest BCUT2D eigenvalue weighted by atomic mass is 10.1. The van der Waals surface area contributed by atoms with Crippen LogP contribution in [-0.4, -0.2) is 34.5 Å². The maximum Gasteiger partial charge on any atom is 0.281 e. The minimum Gasteiger partial charge on any atom is -0.495 e. The van der Waals surface area contributed by atoms with Crippen LogP contribution in [-0.2, 0) is 17.1 Å². The van der Waals surface area contributed by atoms with E-state index < -0.39 is 10.0 Å². The van der Waals surface area contributed by atoms with E-state index in [9.17, 15) is 8.42 Å². The molecule has 3 aromatic heterocycles. The number of aromatic nitrogens is 4. The van der Waals surface area contributed by atoms with Gasteiger partial charge in [-0.3, -0.25) is 4.72 Å². The Morgan fingerprint density at radius 3 is 2.55 bits per heavy atom. The molecule has 0 amide bonds. The molecule has 31 heavy (non-hydrogen) atoms. The van der Waals surface area contributed by atoms with Crippen LogP contribution in [0.4, 0.5) is 5.69 Å². The fourth-order valence-electron chi connectivity index (χ4n) is 3.56. The maximum atomic E-state index is 13.0. The third-order valence-electron chi connectivity index (χ3n) is 5.10. The van der Waals surface area contributed by atoms with Crippen molar-refractivity contribution in [2.45, 2.75) is 31.7 Å². The molecule has 0 saturated heterocycles. The Bertz CT molecular complexity index is 1370. The number of benzene rings is 1. The molecule has 0 saturated carbocycles. The van der Waals surface area contributed by atoms with Crippen LogP contribution in [0, 0.1) is 6.92 Å². The van der Waals surface area contributed by atoms with Gasteiger partial charge in [0.05, 0.1) is 18.5 Å². The van der Waals surface area contributed by atoms with Crippen molar-refractivity contribution < 1.29 is 13.2 Å². The number of hydrogen-bond donors (Lipinski definition) is 1. The first-order valence-corrected chi connectivity index (χ1v) is 11.4. The van der Waals surface area contributed by atoms with Gasteiger partial charge in [0, 0.05) is 37.1 Å². The van der Waals surface area contributed by atoms with Gasteiger partial charge in [-0.1, -0.05) is 19.9 Å². The average molecular weight is 440 g/mol. The van der Waals surface area contributed by atoms with Gasteiger partial charge in [0.25, 0.3) is 10.0 Å². The molecule has 4 rings (SSSR count). The number of ether oxygens (including phenoxy) is 1. The van der Waals surface area contributed by atoms with Crippen LogP contribution in [0.15, 0.2) is 53.9 Å². The predicted octanol–water partition coefficient (Wildman–Crippen LogP) is 3.98. The quantitative estimate of drug-likeness (QED) is 0.491. The van der Waals surface area contributed by atoms with Crippen molar-refractivity contribution in [1.29, 1.82) is 0 Å². The number of pyridine rings is 1. The summed E-state index contributed by atoms with van der Waals surface area (Å²) in [7, 11) is -0.615. The van der Waals surface area contributed by atoms with E-state index in [4.69, 9.17) is 9.72 Å². The van der Waals surface area contributed by atoms with E-state index in [1.54, 1.807) is 23.7 Å². The summed E-state index contributed by atoms with van der Waals surface area (Å²) in [5, 5.41) is -0.0329. The Balaban J connectivity index is 1.74. The lowest BCUT2D eigenvalue weighted by Gasteiger charge is -2.12. The molecule has 1 N–H and O–H groups in total. The van der Waals surface area contributed by atoms with E-state index >= 15 is 0 Å². The minimum absolute atomic E-state index is 0.0329. The number of anilines is 1. The van der Waals surface area contributed by atoms with Crippen molar-refractivity contribution in [2.75, 3.05) is 11.8 Å². The van der Waals surface area contributed by atoms with Crippen LogP contribution in [0.1, 0.15) is 31.2 Å². The number of nitrogens with zero attached hydrogens (tertiary/aromatic N) is 4. The monoisotopic (exact) mass is 439 g/mol. The van der Waals surface area contributed by atoms with Crippen molar-refractivity contribution >= 4 is 21.4 Å². The number of nitrogens with one attached hydrogen (secondary N) is 1. The van der Waals surface area contributed by atoms with Crippen LogP contribution in [0.5, 0.6) is 5.75 Å². The highest BCUT2D eigenvalue weighted by Crippen LogP contribution is 2.32. The lowest BCUT2D eigenvalue weighted by Crippen LogP contribution is -2.14. The lowest BCUT2D eigenvalue weighted by molar-refractivity contribution is 0.417. The molecular weight excluding hydrogens is 414 g/mol. The van der Waals surface area contributed by atoms with E-state index in [2.05, 4.69) is 9.71 Å². The summed E-state index contributed by atoms with van der Waals surface area (Å²) in [6.45, 7) is 5.93. The molecular formula is C22H25N5O3S. The van der Waals surface area contributed by atoms with Crippen LogP contribution in [0.2, 0.25) is 0 Å². The Kier molecular flexibility index (Phi) is 5.22. The first-order valence-electron chi connectivity index (χ1n) is 9.88. The minimum atomic E-state index is -3.90. The second kappa shape index (κ2) is 7.73. The summed E-state index contributed by atoms with van der Waals surface area (Å²) in [6, 6.07) is 9.25. The number of hydrogen-bond acceptors (Lipinski definition) is 5. The summed E-state index contributed by atoms with van der Waals surface area (Å²) in [5.74, 6) is 1.21. The first kappa shape index (κ1) is 20.9. The molecule has 1 aromatic carbocycles. The van der Waals surface area contributed by atoms with Gasteiger partial charge in [0.15, 0.2) is 5.03 Å². The summed E-state index contributed by atoms with van der Waals surface area (Å²) in [4.78, 5) is 9.01. The normalized spacial score (nSPS) is 11.9. The number of imidazole rings is 2. The van der Waals surface area contributed by atoms with E-state index in [1.807, 2.05) is 55.8 Å². The van der Waals surface area contributed by atoms with Gasteiger partial charge >= 0.3 is 0 Å². The molecule has 0 aliphatic heterocycles. The zero-order valence-corrected chi connectivity index (χ0v) is 18.9. The molecule has 0 unspecified atom stereocenters. The summed E-state index contributed by atoms with van der Waals surface area (Å²) in [6.07, 6.45) is 5.36. The van der Waals surface area contributed by atoms with E-state index in [1.165, 1.54) is 13.3 Å². The zero-order valence-electron chi connectivity index (χ0n) is 18.1. The van der Waals surface area contributed by atoms with Crippen LogP contribution >= 0.6 is 0 Å². The summed E-state index contributed by atoms with van der Waals surface area (Å²) in [5.41, 5.74) is 3.73. The molecule has 0 spiro atoms. The van der Waals surface area contributed by atoms with Crippen LogP contribution in [0.25, 0.3) is 16.9 Å². The average Bonchev–Trinajstić information content (AvgIpc) is 3.33. The SMILES string of the molecule is COc1ccc(-c2cn3cccc(C)c3n2)cc1NS(=O)(=O)c1cn(C)c(C(C)C)n1. The van der Waals surface area contributed by atoms with Crippen molar-refractivity contribution in [1.82, 2.24) is 18.9 Å². The Hall–Kier alpha value is -3.33. The second-order valence-electron chi connectivity index (χ2n) is 7.77. The number of sulfonamides is 1. The summed E-state index contributed by atoms with van der Waals surface area (Å²) >= 11 is 0. The van der Waals surface area contributed by atoms with Crippen molar-refractivity contribution in [3.63, 3.8) is 0 Å². The standard InChI is InChI=1S/C22H25N5O3S/c1-14(2)21-24-20(13-26(21)4)31(28,29)25-17-11-16(8-9-19(17)30-5)18-12-27-10-6-7-15(3)22(27)23-18/h6-14,25H,1-5H3. The molecule has 8 nitrogen and oxygen atoms in total. The highest BCUT2D eigenvalue weighted by atomic mass is 32.2. The van der Waals surface area contributed by atoms with E-state index in [0.717, 1.165) is 22.5 Å². The Labute approximate surface area is 181 Å². The van der Waals surface area contributed by atoms with Crippen molar-refractivity contribution in [3.05, 3.63) is 60.3 Å². The Morgan fingerprint density at radius 1 is 1.13 bits per heavy atom. The second-order valence-corrected chi connectivity index (χ2v) is 9.40. The molecule has 0 aliphatic rings. The highest BCUT2D eigenvalue weighted by molar-refractivity contribution is 7.92. The molecule has 0 fully saturated rings. The maximum absolute atomic E-state index is 13.0. The molecule has 0 aliphatic carbocycles. The van der Waals surface area contributed by atoms with Gasteiger partial charge in [0.2, 0.25) is 0 Å². The molecule has 0 atom stereocenters. The van der Waals surface area contributed by atoms with Gasteiger partial charge in [0.1, 0.15) is 17.2 Å². The smallest absolute Gasteiger partial charge is 0.281 e. The van der Waals surface area contributed by atoms with Gasteiger partial charge in [-0.25, -0.2) is 9.97 Å². The van der Waals surface area contributed by atoms with Gasteiger partial charge < -0.3 is 13.7 Å². The van der Waals surface area contributed by atoms with E-state index in [-0.39, 0.29) is 10.9 Å². The number of methoxy groups -OCH3 is 1. The molecule has 3 heterocycles. The fourth-order valence-corrected chi connectivity index (χ4v) is 4.62. The van der Waals surface area contributed by atoms with E-state index in [0.29, 0.717) is 17.3 Å².